The molecule has 0 saturated heterocycles. The van der Waals surface area contributed by atoms with Gasteiger partial charge in [0.05, 0.1) is 0 Å². The van der Waals surface area contributed by atoms with Gasteiger partial charge in [-0.1, -0.05) is 11.6 Å². The molecule has 0 spiro atoms. The quantitative estimate of drug-likeness (QED) is 0.729. The van der Waals surface area contributed by atoms with Gasteiger partial charge in [-0.05, 0) is 42.8 Å². The molecule has 148 valence electrons. The molecule has 3 rings (SSSR count). The van der Waals surface area contributed by atoms with Crippen molar-refractivity contribution in [2.75, 3.05) is 18.5 Å². The van der Waals surface area contributed by atoms with E-state index >= 15 is 0 Å². The van der Waals surface area contributed by atoms with Crippen LogP contribution in [0.5, 0.6) is 17.2 Å². The third kappa shape index (κ3) is 5.01. The Kier molecular flexibility index (Phi) is 5.55. The number of carbonyl (C=O) groups is 2. The Morgan fingerprint density at radius 2 is 1.86 bits per heavy atom. The minimum atomic E-state index is -3.75. The van der Waals surface area contributed by atoms with E-state index in [1.165, 1.54) is 18.2 Å². The molecule has 0 bridgehead atoms. The Balaban J connectivity index is 1.44. The van der Waals surface area contributed by atoms with Crippen molar-refractivity contribution in [3.63, 3.8) is 0 Å². The summed E-state index contributed by atoms with van der Waals surface area (Å²) in [6, 6.07) is 8.62. The fourth-order valence-corrected chi connectivity index (χ4v) is 2.38. The van der Waals surface area contributed by atoms with E-state index in [-0.39, 0.29) is 17.2 Å². The molecule has 1 heterocycles. The van der Waals surface area contributed by atoms with Crippen LogP contribution in [0.3, 0.4) is 0 Å². The summed E-state index contributed by atoms with van der Waals surface area (Å²) >= 11 is 5.90. The monoisotopic (exact) mass is 413 g/mol. The van der Waals surface area contributed by atoms with Crippen LogP contribution in [0.2, 0.25) is 5.02 Å². The largest absolute Gasteiger partial charge is 0.586 e. The first-order valence-electron chi connectivity index (χ1n) is 7.96. The molecule has 0 saturated carbocycles. The second kappa shape index (κ2) is 7.89. The van der Waals surface area contributed by atoms with Gasteiger partial charge in [0.1, 0.15) is 5.75 Å². The molecule has 1 N–H and O–H groups in total. The topological polar surface area (TPSA) is 83.1 Å². The van der Waals surface area contributed by atoms with Crippen LogP contribution in [0.4, 0.5) is 14.5 Å². The number of carbonyl (C=O) groups excluding carboxylic acids is 2. The standard InChI is InChI=1S/C18H14ClF2NO6/c1-10-6-12(3-4-13(10)19)25-9-17(24)26-8-16(23)22-11-2-5-14-15(7-11)28-18(20,21)27-14/h2-7H,8-9H2,1H3,(H,22,23). The van der Waals surface area contributed by atoms with Crippen LogP contribution in [0, 0.1) is 6.92 Å². The highest BCUT2D eigenvalue weighted by molar-refractivity contribution is 6.31. The zero-order chi connectivity index (χ0) is 20.3. The Labute approximate surface area is 163 Å². The molecular formula is C18H14ClF2NO6. The Morgan fingerprint density at radius 3 is 2.61 bits per heavy atom. The van der Waals surface area contributed by atoms with Gasteiger partial charge in [-0.3, -0.25) is 4.79 Å². The van der Waals surface area contributed by atoms with Crippen molar-refractivity contribution in [1.29, 1.82) is 0 Å². The molecule has 1 aliphatic heterocycles. The number of benzene rings is 2. The van der Waals surface area contributed by atoms with Crippen LogP contribution in [0.25, 0.3) is 0 Å². The van der Waals surface area contributed by atoms with Crippen molar-refractivity contribution in [1.82, 2.24) is 0 Å². The highest BCUT2D eigenvalue weighted by Crippen LogP contribution is 2.42. The molecule has 10 heteroatoms. The molecular weight excluding hydrogens is 400 g/mol. The maximum atomic E-state index is 13.0. The maximum absolute atomic E-state index is 13.0. The van der Waals surface area contributed by atoms with Gasteiger partial charge in [-0.25, -0.2) is 4.79 Å². The minimum Gasteiger partial charge on any atom is -0.482 e. The summed E-state index contributed by atoms with van der Waals surface area (Å²) in [4.78, 5) is 23.5. The summed E-state index contributed by atoms with van der Waals surface area (Å²) in [7, 11) is 0. The number of nitrogens with one attached hydrogen (secondary N) is 1. The van der Waals surface area contributed by atoms with Crippen LogP contribution in [0.1, 0.15) is 5.56 Å². The van der Waals surface area contributed by atoms with Crippen LogP contribution in [-0.2, 0) is 14.3 Å². The first-order valence-corrected chi connectivity index (χ1v) is 8.34. The Bertz CT molecular complexity index is 921. The normalized spacial score (nSPS) is 13.7. The first kappa shape index (κ1) is 19.7. The number of alkyl halides is 2. The van der Waals surface area contributed by atoms with Crippen LogP contribution < -0.4 is 19.5 Å². The lowest BCUT2D eigenvalue weighted by molar-refractivity contribution is -0.286. The number of anilines is 1. The van der Waals surface area contributed by atoms with Crippen molar-refractivity contribution in [3.05, 3.63) is 47.0 Å². The summed E-state index contributed by atoms with van der Waals surface area (Å²) in [5.41, 5.74) is 0.961. The van der Waals surface area contributed by atoms with E-state index in [2.05, 4.69) is 14.8 Å². The van der Waals surface area contributed by atoms with E-state index in [9.17, 15) is 18.4 Å². The summed E-state index contributed by atoms with van der Waals surface area (Å²) < 4.78 is 44.5. The molecule has 1 aliphatic rings. The van der Waals surface area contributed by atoms with Crippen molar-refractivity contribution >= 4 is 29.2 Å². The zero-order valence-electron chi connectivity index (χ0n) is 14.5. The molecule has 0 aliphatic carbocycles. The van der Waals surface area contributed by atoms with Gasteiger partial charge in [0.25, 0.3) is 5.91 Å². The van der Waals surface area contributed by atoms with E-state index in [0.717, 1.165) is 5.56 Å². The number of aryl methyl sites for hydroxylation is 1. The third-order valence-corrected chi connectivity index (χ3v) is 3.96. The van der Waals surface area contributed by atoms with E-state index in [1.807, 2.05) is 0 Å². The number of hydrogen-bond donors (Lipinski definition) is 1. The number of rotatable bonds is 6. The predicted octanol–water partition coefficient (Wildman–Crippen LogP) is 3.53. The second-order valence-corrected chi connectivity index (χ2v) is 6.14. The number of halogens is 3. The van der Waals surface area contributed by atoms with E-state index in [0.29, 0.717) is 10.8 Å². The fraction of sp³-hybridized carbons (Fsp3) is 0.222. The van der Waals surface area contributed by atoms with Gasteiger partial charge in [0.2, 0.25) is 0 Å². The van der Waals surface area contributed by atoms with Crippen LogP contribution in [-0.4, -0.2) is 31.4 Å². The van der Waals surface area contributed by atoms with Gasteiger partial charge >= 0.3 is 12.3 Å². The van der Waals surface area contributed by atoms with E-state index < -0.39 is 31.4 Å². The number of amides is 1. The first-order chi connectivity index (χ1) is 13.2. The van der Waals surface area contributed by atoms with Gasteiger partial charge in [-0.15, -0.1) is 8.78 Å². The van der Waals surface area contributed by atoms with Gasteiger partial charge in [-0.2, -0.15) is 0 Å². The minimum absolute atomic E-state index is 0.149. The smallest absolute Gasteiger partial charge is 0.482 e. The molecule has 0 fully saturated rings. The number of fused-ring (bicyclic) bond motifs is 1. The van der Waals surface area contributed by atoms with Crippen molar-refractivity contribution in [2.24, 2.45) is 0 Å². The molecule has 1 amide bonds. The van der Waals surface area contributed by atoms with Gasteiger partial charge < -0.3 is 24.3 Å². The molecule has 0 atom stereocenters. The van der Waals surface area contributed by atoms with Gasteiger partial charge in [0, 0.05) is 16.8 Å². The third-order valence-electron chi connectivity index (χ3n) is 3.54. The Morgan fingerprint density at radius 1 is 1.11 bits per heavy atom. The van der Waals surface area contributed by atoms with E-state index in [4.69, 9.17) is 21.1 Å². The summed E-state index contributed by atoms with van der Waals surface area (Å²) in [6.07, 6.45) is -3.75. The second-order valence-electron chi connectivity index (χ2n) is 5.74. The fourth-order valence-electron chi connectivity index (χ4n) is 2.26. The van der Waals surface area contributed by atoms with Crippen LogP contribution >= 0.6 is 11.6 Å². The molecule has 0 radical (unpaired) electrons. The number of ether oxygens (including phenoxy) is 4. The molecule has 7 nitrogen and oxygen atoms in total. The highest BCUT2D eigenvalue weighted by Gasteiger charge is 2.43. The predicted molar refractivity (Wildman–Crippen MR) is 93.9 cm³/mol. The average Bonchev–Trinajstić information content (AvgIpc) is 2.94. The summed E-state index contributed by atoms with van der Waals surface area (Å²) in [5, 5.41) is 2.96. The average molecular weight is 414 g/mol. The SMILES string of the molecule is Cc1cc(OCC(=O)OCC(=O)Nc2ccc3c(c2)OC(F)(F)O3)ccc1Cl. The summed E-state index contributed by atoms with van der Waals surface area (Å²) in [6.45, 7) is 0.814. The highest BCUT2D eigenvalue weighted by atomic mass is 35.5. The van der Waals surface area contributed by atoms with Crippen molar-refractivity contribution in [3.8, 4) is 17.2 Å². The lowest BCUT2D eigenvalue weighted by atomic mass is 10.2. The molecule has 2 aromatic rings. The van der Waals surface area contributed by atoms with E-state index in [1.54, 1.807) is 25.1 Å². The molecule has 0 unspecified atom stereocenters. The lowest BCUT2D eigenvalue weighted by Gasteiger charge is -2.09. The Hall–Kier alpha value is -3.07. The molecule has 28 heavy (non-hydrogen) atoms. The van der Waals surface area contributed by atoms with Gasteiger partial charge in [0.15, 0.2) is 24.7 Å². The zero-order valence-corrected chi connectivity index (χ0v) is 15.2. The molecule has 2 aromatic carbocycles. The maximum Gasteiger partial charge on any atom is 0.586 e. The van der Waals surface area contributed by atoms with Crippen molar-refractivity contribution < 1.29 is 37.3 Å². The van der Waals surface area contributed by atoms with Crippen LogP contribution in [0.15, 0.2) is 36.4 Å². The summed E-state index contributed by atoms with van der Waals surface area (Å²) in [5.74, 6) is -1.36. The van der Waals surface area contributed by atoms with Crippen molar-refractivity contribution in [2.45, 2.75) is 13.2 Å². The number of esters is 1. The lowest BCUT2D eigenvalue weighted by Crippen LogP contribution is -2.26. The molecule has 0 aromatic heterocycles. The number of hydrogen-bond acceptors (Lipinski definition) is 6.